The van der Waals surface area contributed by atoms with Crippen LogP contribution in [-0.2, 0) is 22.3 Å². The van der Waals surface area contributed by atoms with E-state index in [-0.39, 0.29) is 12.1 Å². The van der Waals surface area contributed by atoms with E-state index >= 15 is 0 Å². The summed E-state index contributed by atoms with van der Waals surface area (Å²) in [5, 5.41) is 3.39. The Bertz CT molecular complexity index is 630. The second-order valence-electron chi connectivity index (χ2n) is 7.14. The maximum Gasteiger partial charge on any atom is 0.252 e. The summed E-state index contributed by atoms with van der Waals surface area (Å²) in [6.07, 6.45) is 6.54. The minimum absolute atomic E-state index is 0.00236. The van der Waals surface area contributed by atoms with E-state index in [9.17, 15) is 4.79 Å². The minimum Gasteiger partial charge on any atom is -0.379 e. The molecular formula is C18H25N3O3. The van der Waals surface area contributed by atoms with Crippen LogP contribution in [0.15, 0.2) is 6.07 Å². The lowest BCUT2D eigenvalue weighted by Gasteiger charge is -2.33. The Labute approximate surface area is 142 Å². The molecule has 1 aromatic heterocycles. The number of hydrogen-bond donors (Lipinski definition) is 2. The molecule has 3 N–H and O–H groups in total. The molecule has 1 aliphatic heterocycles. The number of nitrogens with one attached hydrogen (secondary N) is 1. The highest BCUT2D eigenvalue weighted by atomic mass is 16.5. The summed E-state index contributed by atoms with van der Waals surface area (Å²) < 4.78 is 11.7. The van der Waals surface area contributed by atoms with E-state index in [0.717, 1.165) is 49.5 Å². The summed E-state index contributed by atoms with van der Waals surface area (Å²) in [6.45, 7) is 2.10. The lowest BCUT2D eigenvalue weighted by molar-refractivity contribution is -0.0439. The van der Waals surface area contributed by atoms with E-state index in [1.807, 2.05) is 6.07 Å². The summed E-state index contributed by atoms with van der Waals surface area (Å²) in [5.41, 5.74) is 8.28. The summed E-state index contributed by atoms with van der Waals surface area (Å²) in [4.78, 5) is 16.5. The van der Waals surface area contributed by atoms with E-state index < -0.39 is 5.91 Å². The fourth-order valence-corrected chi connectivity index (χ4v) is 3.54. The predicted molar refractivity (Wildman–Crippen MR) is 90.1 cm³/mol. The molecule has 6 nitrogen and oxygen atoms in total. The number of carbonyl (C=O) groups excluding carboxylic acids is 1. The van der Waals surface area contributed by atoms with Crippen molar-refractivity contribution in [2.75, 3.05) is 25.1 Å². The number of ether oxygens (including phenoxy) is 2. The number of carbonyl (C=O) groups is 1. The van der Waals surface area contributed by atoms with Gasteiger partial charge in [0.25, 0.3) is 5.91 Å². The van der Waals surface area contributed by atoms with Crippen LogP contribution in [0.3, 0.4) is 0 Å². The van der Waals surface area contributed by atoms with Crippen LogP contribution in [0.4, 0.5) is 5.82 Å². The van der Waals surface area contributed by atoms with Crippen molar-refractivity contribution in [3.05, 3.63) is 22.9 Å². The van der Waals surface area contributed by atoms with Gasteiger partial charge >= 0.3 is 0 Å². The van der Waals surface area contributed by atoms with Crippen LogP contribution >= 0.6 is 0 Å². The molecule has 130 valence electrons. The van der Waals surface area contributed by atoms with Crippen LogP contribution < -0.4 is 11.1 Å². The molecule has 0 aromatic carbocycles. The molecule has 2 atom stereocenters. The van der Waals surface area contributed by atoms with Gasteiger partial charge in [-0.1, -0.05) is 0 Å². The lowest BCUT2D eigenvalue weighted by Crippen LogP contribution is -2.44. The largest absolute Gasteiger partial charge is 0.379 e. The molecule has 2 aliphatic carbocycles. The average Bonchev–Trinajstić information content (AvgIpc) is 3.29. The number of aryl methyl sites for hydroxylation is 2. The normalized spacial score (nSPS) is 26.2. The van der Waals surface area contributed by atoms with Gasteiger partial charge in [-0.2, -0.15) is 0 Å². The second kappa shape index (κ2) is 6.69. The number of hydrogen-bond acceptors (Lipinski definition) is 5. The molecular weight excluding hydrogens is 306 g/mol. The summed E-state index contributed by atoms with van der Waals surface area (Å²) >= 11 is 0. The Balaban J connectivity index is 1.52. The van der Waals surface area contributed by atoms with Crippen molar-refractivity contribution < 1.29 is 14.3 Å². The van der Waals surface area contributed by atoms with Gasteiger partial charge in [0.05, 0.1) is 24.3 Å². The van der Waals surface area contributed by atoms with Crippen LogP contribution in [-0.4, -0.2) is 42.9 Å². The number of fused-ring (bicyclic) bond motifs is 1. The molecule has 6 heteroatoms. The van der Waals surface area contributed by atoms with Crippen molar-refractivity contribution in [1.29, 1.82) is 0 Å². The molecule has 1 amide bonds. The first-order chi connectivity index (χ1) is 11.7. The highest BCUT2D eigenvalue weighted by Crippen LogP contribution is 2.31. The van der Waals surface area contributed by atoms with Crippen molar-refractivity contribution in [2.24, 2.45) is 11.7 Å². The minimum atomic E-state index is -0.438. The van der Waals surface area contributed by atoms with E-state index in [4.69, 9.17) is 15.2 Å². The van der Waals surface area contributed by atoms with Crippen LogP contribution in [0.25, 0.3) is 0 Å². The molecule has 2 fully saturated rings. The van der Waals surface area contributed by atoms with Crippen molar-refractivity contribution in [2.45, 2.75) is 50.7 Å². The molecule has 1 saturated carbocycles. The first-order valence-corrected chi connectivity index (χ1v) is 8.99. The molecule has 4 rings (SSSR count). The third-order valence-corrected chi connectivity index (χ3v) is 5.17. The van der Waals surface area contributed by atoms with Gasteiger partial charge in [0.1, 0.15) is 5.82 Å². The van der Waals surface area contributed by atoms with Crippen LogP contribution in [0.5, 0.6) is 0 Å². The van der Waals surface area contributed by atoms with Gasteiger partial charge in [-0.3, -0.25) is 4.79 Å². The number of nitrogens with zero attached hydrogens (tertiary/aromatic N) is 1. The zero-order valence-corrected chi connectivity index (χ0v) is 13.9. The van der Waals surface area contributed by atoms with Gasteiger partial charge in [-0.05, 0) is 56.1 Å². The van der Waals surface area contributed by atoms with E-state index in [2.05, 4.69) is 10.3 Å². The van der Waals surface area contributed by atoms with Gasteiger partial charge < -0.3 is 20.5 Å². The monoisotopic (exact) mass is 331 g/mol. The van der Waals surface area contributed by atoms with Gasteiger partial charge in [0.15, 0.2) is 0 Å². The fraction of sp³-hybridized carbons (Fsp3) is 0.667. The third-order valence-electron chi connectivity index (χ3n) is 5.17. The van der Waals surface area contributed by atoms with Gasteiger partial charge in [0.2, 0.25) is 0 Å². The van der Waals surface area contributed by atoms with Crippen molar-refractivity contribution in [3.63, 3.8) is 0 Å². The SMILES string of the molecule is NC(=O)c1cc2c(nc1N[C@@H]1COCC[C@@H]1OCC1CC1)CCC2. The number of pyridine rings is 1. The number of nitrogens with two attached hydrogens (primary N) is 1. The Morgan fingerprint density at radius 3 is 3.04 bits per heavy atom. The van der Waals surface area contributed by atoms with Crippen LogP contribution in [0, 0.1) is 5.92 Å². The Hall–Kier alpha value is -1.66. The second-order valence-corrected chi connectivity index (χ2v) is 7.14. The number of amides is 1. The Morgan fingerprint density at radius 2 is 2.25 bits per heavy atom. The molecule has 0 spiro atoms. The molecule has 0 unspecified atom stereocenters. The molecule has 3 aliphatic rings. The topological polar surface area (TPSA) is 86.5 Å². The molecule has 2 heterocycles. The van der Waals surface area contributed by atoms with E-state index in [1.165, 1.54) is 12.8 Å². The molecule has 24 heavy (non-hydrogen) atoms. The predicted octanol–water partition coefficient (Wildman–Crippen LogP) is 1.67. The van der Waals surface area contributed by atoms with Gasteiger partial charge in [0, 0.05) is 18.9 Å². The summed E-state index contributed by atoms with van der Waals surface area (Å²) in [5.74, 6) is 0.873. The molecule has 0 bridgehead atoms. The number of anilines is 1. The third kappa shape index (κ3) is 3.39. The Morgan fingerprint density at radius 1 is 1.38 bits per heavy atom. The highest BCUT2D eigenvalue weighted by Gasteiger charge is 2.31. The summed E-state index contributed by atoms with van der Waals surface area (Å²) in [6, 6.07) is 1.91. The van der Waals surface area contributed by atoms with Crippen LogP contribution in [0.1, 0.15) is 47.3 Å². The molecule has 1 aromatic rings. The zero-order valence-electron chi connectivity index (χ0n) is 13.9. The van der Waals surface area contributed by atoms with Gasteiger partial charge in [-0.15, -0.1) is 0 Å². The quantitative estimate of drug-likeness (QED) is 0.828. The first-order valence-electron chi connectivity index (χ1n) is 8.99. The average molecular weight is 331 g/mol. The van der Waals surface area contributed by atoms with E-state index in [1.54, 1.807) is 0 Å². The summed E-state index contributed by atoms with van der Waals surface area (Å²) in [7, 11) is 0. The maximum atomic E-state index is 11.8. The van der Waals surface area contributed by atoms with Crippen molar-refractivity contribution >= 4 is 11.7 Å². The Kier molecular flexibility index (Phi) is 4.41. The molecule has 0 radical (unpaired) electrons. The first kappa shape index (κ1) is 15.8. The highest BCUT2D eigenvalue weighted by molar-refractivity contribution is 5.98. The number of aromatic nitrogens is 1. The smallest absolute Gasteiger partial charge is 0.252 e. The number of rotatable bonds is 6. The standard InChI is InChI=1S/C18H25N3O3/c19-17(22)13-8-12-2-1-3-14(12)20-18(13)21-15-10-23-7-6-16(15)24-9-11-4-5-11/h8,11,15-16H,1-7,9-10H2,(H2,19,22)(H,20,21)/t15-,16+/m1/s1. The maximum absolute atomic E-state index is 11.8. The zero-order chi connectivity index (χ0) is 16.5. The van der Waals surface area contributed by atoms with E-state index in [0.29, 0.717) is 24.6 Å². The van der Waals surface area contributed by atoms with Crippen LogP contribution in [0.2, 0.25) is 0 Å². The lowest BCUT2D eigenvalue weighted by atomic mass is 10.1. The number of primary amides is 1. The van der Waals surface area contributed by atoms with Crippen molar-refractivity contribution in [1.82, 2.24) is 4.98 Å². The fourth-order valence-electron chi connectivity index (χ4n) is 3.54. The van der Waals surface area contributed by atoms with Gasteiger partial charge in [-0.25, -0.2) is 4.98 Å². The van der Waals surface area contributed by atoms with Crippen molar-refractivity contribution in [3.8, 4) is 0 Å². The molecule has 1 saturated heterocycles.